The van der Waals surface area contributed by atoms with Crippen LogP contribution in [0, 0.1) is 0 Å². The fraction of sp³-hybridized carbons (Fsp3) is 0.150. The molecule has 0 amide bonds. The number of carbonyl (C=O) groups is 2. The van der Waals surface area contributed by atoms with Gasteiger partial charge in [0, 0.05) is 46.1 Å². The molecule has 8 heteroatoms. The van der Waals surface area contributed by atoms with Gasteiger partial charge in [-0.1, -0.05) is 24.3 Å². The molecular weight excluding hydrogens is 396 g/mol. The summed E-state index contributed by atoms with van der Waals surface area (Å²) in [4.78, 5) is 32.0. The third-order valence-corrected chi connectivity index (χ3v) is 8.32. The van der Waals surface area contributed by atoms with Crippen LogP contribution in [0.25, 0.3) is 15.8 Å². The summed E-state index contributed by atoms with van der Waals surface area (Å²) in [5, 5.41) is 3.73. The highest BCUT2D eigenvalue weighted by atomic mass is 32.3. The van der Waals surface area contributed by atoms with Crippen LogP contribution >= 0.6 is 21.9 Å². The molecule has 28 heavy (non-hydrogen) atoms. The Balaban J connectivity index is 1.79. The van der Waals surface area contributed by atoms with Crippen LogP contribution in [0.5, 0.6) is 0 Å². The zero-order valence-electron chi connectivity index (χ0n) is 14.8. The predicted molar refractivity (Wildman–Crippen MR) is 111 cm³/mol. The predicted octanol–water partition coefficient (Wildman–Crippen LogP) is 4.12. The molecule has 0 radical (unpaired) electrons. The van der Waals surface area contributed by atoms with Crippen molar-refractivity contribution in [3.8, 4) is 0 Å². The van der Waals surface area contributed by atoms with E-state index in [1.165, 1.54) is 0 Å². The number of aliphatic imine (C=N–C) groups is 1. The zero-order valence-corrected chi connectivity index (χ0v) is 16.4. The molecule has 3 aliphatic rings. The van der Waals surface area contributed by atoms with E-state index in [1.807, 2.05) is 17.0 Å². The van der Waals surface area contributed by atoms with Crippen LogP contribution in [0.2, 0.25) is 0 Å². The highest BCUT2D eigenvalue weighted by molar-refractivity contribution is 8.42. The van der Waals surface area contributed by atoms with Crippen LogP contribution in [-0.4, -0.2) is 35.1 Å². The largest absolute Gasteiger partial charge is 0.354 e. The second-order valence-electron chi connectivity index (χ2n) is 6.37. The van der Waals surface area contributed by atoms with Crippen LogP contribution in [0.3, 0.4) is 0 Å². The minimum absolute atomic E-state index is 0.422. The van der Waals surface area contributed by atoms with Crippen molar-refractivity contribution in [2.45, 2.75) is 6.42 Å². The Hall–Kier alpha value is -2.84. The SMILES string of the molecule is C=CCC1=C(c2csc3ccccc23)N2CCN=C2S12OC(=O)C=CC(=O)O2. The number of hydrogen-bond donors (Lipinski definition) is 0. The van der Waals surface area contributed by atoms with Gasteiger partial charge in [-0.3, -0.25) is 0 Å². The van der Waals surface area contributed by atoms with Gasteiger partial charge in [0.25, 0.3) is 0 Å². The van der Waals surface area contributed by atoms with Crippen molar-refractivity contribution in [1.82, 2.24) is 4.90 Å². The van der Waals surface area contributed by atoms with Gasteiger partial charge in [-0.2, -0.15) is 0 Å². The van der Waals surface area contributed by atoms with E-state index in [9.17, 15) is 9.59 Å². The Kier molecular flexibility index (Phi) is 3.92. The third-order valence-electron chi connectivity index (χ3n) is 4.72. The number of rotatable bonds is 3. The molecule has 0 saturated heterocycles. The summed E-state index contributed by atoms with van der Waals surface area (Å²) in [6, 6.07) is 8.15. The topological polar surface area (TPSA) is 68.2 Å². The maximum Gasteiger partial charge on any atom is 0.354 e. The minimum Gasteiger partial charge on any atom is -0.328 e. The molecule has 4 heterocycles. The van der Waals surface area contributed by atoms with Crippen molar-refractivity contribution in [3.63, 3.8) is 0 Å². The van der Waals surface area contributed by atoms with Gasteiger partial charge < -0.3 is 13.3 Å². The average Bonchev–Trinajstić information content (AvgIpc) is 3.35. The number of nitrogens with zero attached hydrogens (tertiary/aromatic N) is 2. The van der Waals surface area contributed by atoms with Gasteiger partial charge in [0.2, 0.25) is 5.17 Å². The van der Waals surface area contributed by atoms with Crippen molar-refractivity contribution in [1.29, 1.82) is 0 Å². The van der Waals surface area contributed by atoms with E-state index >= 15 is 0 Å². The molecule has 0 bridgehead atoms. The van der Waals surface area contributed by atoms with Crippen molar-refractivity contribution in [3.05, 3.63) is 64.9 Å². The number of thiophene rings is 1. The normalized spacial score (nSPS) is 21.4. The van der Waals surface area contributed by atoms with Crippen LogP contribution in [-0.2, 0) is 18.0 Å². The maximum absolute atomic E-state index is 12.3. The second-order valence-corrected chi connectivity index (χ2v) is 9.48. The van der Waals surface area contributed by atoms with E-state index in [-0.39, 0.29) is 0 Å². The quantitative estimate of drug-likeness (QED) is 0.710. The van der Waals surface area contributed by atoms with E-state index in [0.29, 0.717) is 24.7 Å². The van der Waals surface area contributed by atoms with Crippen molar-refractivity contribution in [2.24, 2.45) is 4.99 Å². The number of carbonyl (C=O) groups excluding carboxylic acids is 2. The Morgan fingerprint density at radius 3 is 2.71 bits per heavy atom. The van der Waals surface area contributed by atoms with Crippen LogP contribution in [0.4, 0.5) is 0 Å². The molecule has 0 atom stereocenters. The smallest absolute Gasteiger partial charge is 0.328 e. The molecule has 0 aliphatic carbocycles. The first-order chi connectivity index (χ1) is 13.6. The Morgan fingerprint density at radius 2 is 1.96 bits per heavy atom. The van der Waals surface area contributed by atoms with E-state index < -0.39 is 22.5 Å². The van der Waals surface area contributed by atoms with Crippen LogP contribution < -0.4 is 0 Å². The Morgan fingerprint density at radius 1 is 1.21 bits per heavy atom. The first kappa shape index (κ1) is 17.3. The summed E-state index contributed by atoms with van der Waals surface area (Å²) < 4.78 is 12.7. The molecule has 1 spiro atoms. The number of hydrogen-bond acceptors (Lipinski definition) is 7. The van der Waals surface area contributed by atoms with Crippen LogP contribution in [0.15, 0.2) is 64.4 Å². The Bertz CT molecular complexity index is 1110. The van der Waals surface area contributed by atoms with Gasteiger partial charge in [0.15, 0.2) is 0 Å². The summed E-state index contributed by atoms with van der Waals surface area (Å²) in [5.74, 6) is -1.21. The maximum atomic E-state index is 12.3. The zero-order chi connectivity index (χ0) is 19.3. The summed E-state index contributed by atoms with van der Waals surface area (Å²) in [5.41, 5.74) is 1.94. The van der Waals surface area contributed by atoms with E-state index in [2.05, 4.69) is 29.1 Å². The number of benzene rings is 1. The fourth-order valence-electron chi connectivity index (χ4n) is 3.66. The first-order valence-electron chi connectivity index (χ1n) is 8.75. The molecular formula is C20H16N2O4S2. The lowest BCUT2D eigenvalue weighted by molar-refractivity contribution is -0.129. The molecule has 6 nitrogen and oxygen atoms in total. The van der Waals surface area contributed by atoms with Gasteiger partial charge >= 0.3 is 11.9 Å². The highest BCUT2D eigenvalue weighted by Crippen LogP contribution is 2.69. The lowest BCUT2D eigenvalue weighted by Gasteiger charge is -2.37. The average molecular weight is 412 g/mol. The molecule has 0 saturated carbocycles. The molecule has 142 valence electrons. The molecule has 0 unspecified atom stereocenters. The summed E-state index contributed by atoms with van der Waals surface area (Å²) in [6.07, 6.45) is 4.37. The molecule has 1 aromatic heterocycles. The lowest BCUT2D eigenvalue weighted by atomic mass is 10.1. The minimum atomic E-state index is -2.79. The van der Waals surface area contributed by atoms with Crippen LogP contribution in [0.1, 0.15) is 12.0 Å². The highest BCUT2D eigenvalue weighted by Gasteiger charge is 2.52. The van der Waals surface area contributed by atoms with E-state index in [4.69, 9.17) is 8.37 Å². The molecule has 0 N–H and O–H groups in total. The van der Waals surface area contributed by atoms with E-state index in [1.54, 1.807) is 17.4 Å². The summed E-state index contributed by atoms with van der Waals surface area (Å²) >= 11 is 1.65. The second kappa shape index (κ2) is 6.35. The van der Waals surface area contributed by atoms with Gasteiger partial charge in [-0.05, 0) is 16.7 Å². The molecule has 5 rings (SSSR count). The number of allylic oxidation sites excluding steroid dienone is 2. The molecule has 1 aromatic carbocycles. The standard InChI is InChI=1S/C20H16N2O4S2/c1-2-5-16-19(14-12-27-15-7-4-3-6-13(14)15)22-11-10-21-20(22)28(16)25-17(23)8-9-18(24)26-28/h2-4,6-9,12H,1,5,10-11H2. The van der Waals surface area contributed by atoms with Crippen molar-refractivity contribution >= 4 is 54.8 Å². The number of fused-ring (bicyclic) bond motifs is 3. The van der Waals surface area contributed by atoms with Crippen molar-refractivity contribution in [2.75, 3.05) is 13.1 Å². The monoisotopic (exact) mass is 412 g/mol. The van der Waals surface area contributed by atoms with Crippen molar-refractivity contribution < 1.29 is 18.0 Å². The van der Waals surface area contributed by atoms with Gasteiger partial charge in [0.1, 0.15) is 0 Å². The third kappa shape index (κ3) is 2.38. The molecule has 2 aromatic rings. The van der Waals surface area contributed by atoms with Gasteiger partial charge in [-0.25, -0.2) is 14.6 Å². The van der Waals surface area contributed by atoms with E-state index in [0.717, 1.165) is 38.4 Å². The first-order valence-corrected chi connectivity index (χ1v) is 11.1. The lowest BCUT2D eigenvalue weighted by Crippen LogP contribution is -2.27. The fourth-order valence-corrected chi connectivity index (χ4v) is 7.33. The summed E-state index contributed by atoms with van der Waals surface area (Å²) in [6.45, 7) is 5.06. The molecule has 0 fully saturated rings. The Labute approximate surface area is 167 Å². The van der Waals surface area contributed by atoms with Gasteiger partial charge in [-0.15, -0.1) is 17.9 Å². The number of amidine groups is 1. The van der Waals surface area contributed by atoms with Gasteiger partial charge in [0.05, 0.1) is 17.1 Å². The summed E-state index contributed by atoms with van der Waals surface area (Å²) in [7, 11) is -2.79. The molecule has 3 aliphatic heterocycles.